The summed E-state index contributed by atoms with van der Waals surface area (Å²) >= 11 is 0. The molecule has 0 saturated carbocycles. The maximum atomic E-state index is 15.1. The van der Waals surface area contributed by atoms with Gasteiger partial charge in [0.2, 0.25) is 0 Å². The lowest BCUT2D eigenvalue weighted by Gasteiger charge is -2.50. The van der Waals surface area contributed by atoms with Gasteiger partial charge in [0.1, 0.15) is 73.8 Å². The topological polar surface area (TPSA) is 173 Å². The molecule has 0 spiro atoms. The van der Waals surface area contributed by atoms with Crippen LogP contribution in [0.2, 0.25) is 25.7 Å². The monoisotopic (exact) mass is 1430 g/mol. The smallest absolute Gasteiger partial charge is 0.338 e. The average Bonchev–Trinajstić information content (AvgIpc) is 0.780. The number of ether oxygens (including phenoxy) is 15. The summed E-state index contributed by atoms with van der Waals surface area (Å²) in [6, 6.07) is 87.3. The second-order valence-electron chi connectivity index (χ2n) is 27.4. The number of esters is 2. The summed E-state index contributed by atoms with van der Waals surface area (Å²) in [6.07, 6.45) is -15.1. The normalized spacial score (nSPS) is 24.1. The second-order valence-corrected chi connectivity index (χ2v) is 33.0. The van der Waals surface area contributed by atoms with Crippen molar-refractivity contribution in [3.63, 3.8) is 0 Å². The Morgan fingerprint density at radius 3 is 1.10 bits per heavy atom. The van der Waals surface area contributed by atoms with Crippen molar-refractivity contribution in [1.29, 1.82) is 0 Å². The third-order valence-corrected chi connectivity index (χ3v) is 20.0. The average molecular weight is 1430 g/mol. The van der Waals surface area contributed by atoms with Crippen LogP contribution in [0.15, 0.2) is 273 Å². The quantitative estimate of drug-likeness (QED) is 0.0268. The lowest BCUT2D eigenvalue weighted by atomic mass is 9.96. The van der Waals surface area contributed by atoms with Gasteiger partial charge in [0.15, 0.2) is 18.9 Å². The Bertz CT molecular complexity index is 3910. The summed E-state index contributed by atoms with van der Waals surface area (Å²) in [5.41, 5.74) is 6.97. The van der Waals surface area contributed by atoms with Crippen LogP contribution in [-0.2, 0) is 117 Å². The minimum atomic E-state index is -1.64. The van der Waals surface area contributed by atoms with E-state index in [1.807, 2.05) is 224 Å². The Labute approximate surface area is 611 Å². The minimum absolute atomic E-state index is 0.0101. The number of carbonyl (C=O) groups excluding carboxylic acids is 2. The van der Waals surface area contributed by atoms with Gasteiger partial charge in [0, 0.05) is 21.1 Å². The maximum Gasteiger partial charge on any atom is 0.338 e. The highest BCUT2D eigenvalue weighted by atomic mass is 28.3. The summed E-state index contributed by atoms with van der Waals surface area (Å²) in [4.78, 5) is 29.5. The van der Waals surface area contributed by atoms with Gasteiger partial charge in [-0.2, -0.15) is 0 Å². The molecule has 12 rings (SSSR count). The van der Waals surface area contributed by atoms with Crippen LogP contribution in [-0.4, -0.2) is 132 Å². The van der Waals surface area contributed by atoms with E-state index in [0.717, 1.165) is 45.0 Å². The first kappa shape index (κ1) is 75.3. The highest BCUT2D eigenvalue weighted by molar-refractivity contribution is 6.76. The molecule has 0 N–H and O–H groups in total. The summed E-state index contributed by atoms with van der Waals surface area (Å²) in [5, 5.41) is 0. The van der Waals surface area contributed by atoms with Crippen molar-refractivity contribution in [3.8, 4) is 0 Å². The molecule has 3 saturated heterocycles. The number of hydrogen-bond donors (Lipinski definition) is 0. The van der Waals surface area contributed by atoms with Crippen molar-refractivity contribution < 1.29 is 80.6 Å². The number of carbonyl (C=O) groups is 2. The Morgan fingerprint density at radius 1 is 0.337 bits per heavy atom. The van der Waals surface area contributed by atoms with Gasteiger partial charge in [-0.15, -0.1) is 0 Å². The lowest BCUT2D eigenvalue weighted by Crippen LogP contribution is -2.65. The number of benzene rings is 9. The molecule has 3 fully saturated rings. The standard InChI is InChI=1S/C86H94O17Si/c1-104(2,3)50-49-91-85-81(95-57-67-41-23-9-24-42-67)80(94-56-66-39-21-8-22-40-66)78(73(100-85)60-90-53-63-33-15-5-16-34-63)102-75-51-71(99-84(88)70-47-29-12-30-48-70)76(74(98-75)61-97-83(87)69-45-27-11-28-46-69)103-86-82(96-58-68-43-25-10-26-44-68)79(93-55-65-37-19-7-20-38-65)77(92-54-64-35-17-6-18-36-64)72(101-86)59-89-52-62-31-13-4-14-32-62/h4-48,71-82,85-86H,49-61H2,1-3H3/t71-,72-,73-,74-,75+,76-,77+,78-,79+,80+,81-,82-,85-,86-/m1/s1. The Hall–Kier alpha value is -8.38. The van der Waals surface area contributed by atoms with Crippen molar-refractivity contribution in [2.45, 2.75) is 164 Å². The van der Waals surface area contributed by atoms with Gasteiger partial charge in [0.05, 0.1) is 70.6 Å². The van der Waals surface area contributed by atoms with Crippen LogP contribution in [0, 0.1) is 0 Å². The molecular formula is C86H94O17Si. The van der Waals surface area contributed by atoms with Crippen molar-refractivity contribution in [3.05, 3.63) is 323 Å². The van der Waals surface area contributed by atoms with Gasteiger partial charge in [-0.1, -0.05) is 268 Å². The van der Waals surface area contributed by atoms with E-state index in [0.29, 0.717) is 12.2 Å². The van der Waals surface area contributed by atoms with E-state index in [2.05, 4.69) is 19.6 Å². The molecule has 0 bridgehead atoms. The van der Waals surface area contributed by atoms with E-state index < -0.39 is 113 Å². The van der Waals surface area contributed by atoms with E-state index in [-0.39, 0.29) is 71.4 Å². The fourth-order valence-electron chi connectivity index (χ4n) is 12.7. The number of rotatable bonds is 36. The fraction of sp³-hybridized carbons (Fsp3) is 0.349. The summed E-state index contributed by atoms with van der Waals surface area (Å²) in [6.45, 7) is 8.15. The predicted molar refractivity (Wildman–Crippen MR) is 394 cm³/mol. The van der Waals surface area contributed by atoms with Crippen LogP contribution in [0.4, 0.5) is 0 Å². The minimum Gasteiger partial charge on any atom is -0.459 e. The van der Waals surface area contributed by atoms with Gasteiger partial charge in [-0.05, 0) is 69.3 Å². The van der Waals surface area contributed by atoms with E-state index in [1.54, 1.807) is 48.5 Å². The molecule has 0 radical (unpaired) electrons. The highest BCUT2D eigenvalue weighted by Crippen LogP contribution is 2.39. The third-order valence-electron chi connectivity index (χ3n) is 18.3. The van der Waals surface area contributed by atoms with Crippen LogP contribution >= 0.6 is 0 Å². The maximum absolute atomic E-state index is 15.1. The van der Waals surface area contributed by atoms with Gasteiger partial charge in [0.25, 0.3) is 0 Å². The van der Waals surface area contributed by atoms with E-state index in [1.165, 1.54) is 0 Å². The van der Waals surface area contributed by atoms with Gasteiger partial charge in [-0.3, -0.25) is 0 Å². The molecule has 104 heavy (non-hydrogen) atoms. The first-order valence-electron chi connectivity index (χ1n) is 35.9. The molecular weight excluding hydrogens is 1330 g/mol. The van der Waals surface area contributed by atoms with Crippen LogP contribution in [0.1, 0.15) is 66.1 Å². The van der Waals surface area contributed by atoms with Crippen molar-refractivity contribution >= 4 is 20.0 Å². The zero-order valence-corrected chi connectivity index (χ0v) is 60.2. The summed E-state index contributed by atoms with van der Waals surface area (Å²) in [7, 11) is -1.64. The van der Waals surface area contributed by atoms with Crippen molar-refractivity contribution in [2.75, 3.05) is 26.4 Å². The molecule has 3 aliphatic heterocycles. The van der Waals surface area contributed by atoms with Crippen LogP contribution in [0.3, 0.4) is 0 Å². The summed E-state index contributed by atoms with van der Waals surface area (Å²) < 4.78 is 106. The molecule has 3 aliphatic rings. The molecule has 0 aliphatic carbocycles. The largest absolute Gasteiger partial charge is 0.459 e. The molecule has 0 aromatic heterocycles. The lowest BCUT2D eigenvalue weighted by molar-refractivity contribution is -0.374. The highest BCUT2D eigenvalue weighted by Gasteiger charge is 2.55. The predicted octanol–water partition coefficient (Wildman–Crippen LogP) is 15.1. The Morgan fingerprint density at radius 2 is 0.673 bits per heavy atom. The molecule has 9 aromatic carbocycles. The molecule has 0 unspecified atom stereocenters. The van der Waals surface area contributed by atoms with E-state index >= 15 is 4.79 Å². The SMILES string of the molecule is C[Si](C)(C)CCO[C@@H]1O[C@H](COCc2ccccc2)[C@@H](O[C@H]2C[C@@H](OC(=O)c3ccccc3)[C@@H](O[C@H]3O[C@H](COCc4ccccc4)[C@H](OCc4ccccc4)[C@H](OCc4ccccc4)[C@H]3OCc3ccccc3)[C@@H](COC(=O)c3ccccc3)O2)[C@H](OCc2ccccc2)[C@H]1OCc1ccccc1. The molecule has 544 valence electrons. The Balaban J connectivity index is 0.952. The van der Waals surface area contributed by atoms with Gasteiger partial charge >= 0.3 is 11.9 Å². The van der Waals surface area contributed by atoms with Crippen LogP contribution < -0.4 is 0 Å². The molecule has 14 atom stereocenters. The zero-order chi connectivity index (χ0) is 71.6. The van der Waals surface area contributed by atoms with Crippen LogP contribution in [0.5, 0.6) is 0 Å². The van der Waals surface area contributed by atoms with Crippen molar-refractivity contribution in [2.24, 2.45) is 0 Å². The molecule has 17 nitrogen and oxygen atoms in total. The summed E-state index contributed by atoms with van der Waals surface area (Å²) in [5.74, 6) is -1.30. The fourth-order valence-corrected chi connectivity index (χ4v) is 13.5. The van der Waals surface area contributed by atoms with E-state index in [4.69, 9.17) is 71.1 Å². The third kappa shape index (κ3) is 22.6. The van der Waals surface area contributed by atoms with Gasteiger partial charge in [-0.25, -0.2) is 9.59 Å². The first-order valence-corrected chi connectivity index (χ1v) is 39.6. The van der Waals surface area contributed by atoms with Crippen LogP contribution in [0.25, 0.3) is 0 Å². The molecule has 0 amide bonds. The Kier molecular flexibility index (Phi) is 28.3. The number of hydrogen-bond acceptors (Lipinski definition) is 17. The zero-order valence-electron chi connectivity index (χ0n) is 59.2. The molecule has 18 heteroatoms. The first-order chi connectivity index (χ1) is 51.0. The second kappa shape index (κ2) is 39.1. The molecule has 9 aromatic rings. The van der Waals surface area contributed by atoms with Crippen molar-refractivity contribution in [1.82, 2.24) is 0 Å². The van der Waals surface area contributed by atoms with E-state index in [9.17, 15) is 4.79 Å². The van der Waals surface area contributed by atoms with Gasteiger partial charge < -0.3 is 71.1 Å². The molecule has 3 heterocycles.